The van der Waals surface area contributed by atoms with E-state index in [1.807, 2.05) is 22.7 Å². The summed E-state index contributed by atoms with van der Waals surface area (Å²) in [6.07, 6.45) is 1.17. The fourth-order valence-electron chi connectivity index (χ4n) is 1.69. The molecular weight excluding hydrogens is 234 g/mol. The van der Waals surface area contributed by atoms with E-state index in [1.165, 1.54) is 21.1 Å². The summed E-state index contributed by atoms with van der Waals surface area (Å²) >= 11 is 3.72. The van der Waals surface area contributed by atoms with Gasteiger partial charge in [0, 0.05) is 14.6 Å². The first-order chi connectivity index (χ1) is 7.81. The molecule has 16 heavy (non-hydrogen) atoms. The van der Waals surface area contributed by atoms with Crippen LogP contribution in [0, 0.1) is 6.92 Å². The first-order valence-corrected chi connectivity index (χ1v) is 7.34. The van der Waals surface area contributed by atoms with Crippen molar-refractivity contribution in [2.45, 2.75) is 26.3 Å². The minimum atomic E-state index is 0.388. The molecule has 0 saturated heterocycles. The topological polar surface area (TPSA) is 12.0 Å². The summed E-state index contributed by atoms with van der Waals surface area (Å²) in [5.41, 5.74) is 0. The molecule has 3 heteroatoms. The Labute approximate surface area is 105 Å². The second kappa shape index (κ2) is 5.62. The average Bonchev–Trinajstić information content (AvgIpc) is 2.91. The van der Waals surface area contributed by atoms with Crippen molar-refractivity contribution >= 4 is 22.7 Å². The number of nitrogens with one attached hydrogen (secondary N) is 1. The van der Waals surface area contributed by atoms with Gasteiger partial charge in [0.25, 0.3) is 0 Å². The first-order valence-electron chi connectivity index (χ1n) is 5.64. The highest BCUT2D eigenvalue weighted by atomic mass is 32.1. The molecule has 0 aliphatic carbocycles. The van der Waals surface area contributed by atoms with Crippen LogP contribution in [0.2, 0.25) is 0 Å². The second-order valence-electron chi connectivity index (χ2n) is 3.85. The molecule has 0 saturated carbocycles. The highest BCUT2D eigenvalue weighted by Crippen LogP contribution is 2.30. The van der Waals surface area contributed by atoms with E-state index >= 15 is 0 Å². The Balaban J connectivity index is 2.21. The van der Waals surface area contributed by atoms with E-state index in [-0.39, 0.29) is 0 Å². The second-order valence-corrected chi connectivity index (χ2v) is 6.15. The van der Waals surface area contributed by atoms with Crippen molar-refractivity contribution in [1.29, 1.82) is 0 Å². The van der Waals surface area contributed by atoms with E-state index in [9.17, 15) is 0 Å². The number of hydrogen-bond donors (Lipinski definition) is 1. The number of aryl methyl sites for hydroxylation is 1. The lowest BCUT2D eigenvalue weighted by atomic mass is 10.2. The Kier molecular flexibility index (Phi) is 4.16. The van der Waals surface area contributed by atoms with Gasteiger partial charge in [0.1, 0.15) is 0 Å². The van der Waals surface area contributed by atoms with Crippen LogP contribution in [0.25, 0.3) is 0 Å². The molecule has 2 heterocycles. The molecule has 1 N–H and O–H groups in total. The Hall–Kier alpha value is -0.640. The van der Waals surface area contributed by atoms with Crippen LogP contribution < -0.4 is 5.32 Å². The summed E-state index contributed by atoms with van der Waals surface area (Å²) < 4.78 is 0. The van der Waals surface area contributed by atoms with Crippen molar-refractivity contribution in [3.05, 3.63) is 44.3 Å². The maximum Gasteiger partial charge on any atom is 0.0764 e. The largest absolute Gasteiger partial charge is 0.305 e. The van der Waals surface area contributed by atoms with Crippen molar-refractivity contribution in [1.82, 2.24) is 5.32 Å². The Morgan fingerprint density at radius 2 is 2.12 bits per heavy atom. The highest BCUT2D eigenvalue weighted by molar-refractivity contribution is 7.12. The molecule has 1 atom stereocenters. The Bertz CT molecular complexity index is 417. The lowest BCUT2D eigenvalue weighted by Gasteiger charge is -2.15. The van der Waals surface area contributed by atoms with Gasteiger partial charge >= 0.3 is 0 Å². The third kappa shape index (κ3) is 2.73. The molecule has 2 aromatic rings. The van der Waals surface area contributed by atoms with E-state index < -0.39 is 0 Å². The van der Waals surface area contributed by atoms with Crippen LogP contribution in [0.4, 0.5) is 0 Å². The number of hydrogen-bond acceptors (Lipinski definition) is 3. The van der Waals surface area contributed by atoms with E-state index in [2.05, 4.69) is 48.8 Å². The van der Waals surface area contributed by atoms with Gasteiger partial charge < -0.3 is 5.32 Å². The lowest BCUT2D eigenvalue weighted by Crippen LogP contribution is -2.21. The number of thiophene rings is 2. The van der Waals surface area contributed by atoms with Crippen LogP contribution in [0.5, 0.6) is 0 Å². The summed E-state index contributed by atoms with van der Waals surface area (Å²) in [5.74, 6) is 0. The van der Waals surface area contributed by atoms with E-state index in [4.69, 9.17) is 0 Å². The predicted molar refractivity (Wildman–Crippen MR) is 73.5 cm³/mol. The predicted octanol–water partition coefficient (Wildman–Crippen LogP) is 4.21. The van der Waals surface area contributed by atoms with Gasteiger partial charge in [-0.25, -0.2) is 0 Å². The van der Waals surface area contributed by atoms with Gasteiger partial charge in [-0.15, -0.1) is 22.7 Å². The molecule has 2 aromatic heterocycles. The maximum atomic E-state index is 3.62. The van der Waals surface area contributed by atoms with Crippen molar-refractivity contribution in [2.24, 2.45) is 0 Å². The molecule has 2 rings (SSSR count). The average molecular weight is 251 g/mol. The SMILES string of the molecule is CCCNC(c1cccs1)c1ccc(C)s1. The van der Waals surface area contributed by atoms with Gasteiger partial charge in [-0.3, -0.25) is 0 Å². The van der Waals surface area contributed by atoms with E-state index in [1.54, 1.807) is 0 Å². The third-order valence-corrected chi connectivity index (χ3v) is 4.47. The molecule has 0 amide bonds. The molecule has 0 radical (unpaired) electrons. The molecule has 0 bridgehead atoms. The molecule has 86 valence electrons. The number of rotatable bonds is 5. The van der Waals surface area contributed by atoms with Gasteiger partial charge in [0.15, 0.2) is 0 Å². The van der Waals surface area contributed by atoms with Crippen LogP contribution in [0.1, 0.15) is 34.0 Å². The van der Waals surface area contributed by atoms with E-state index in [0.29, 0.717) is 6.04 Å². The van der Waals surface area contributed by atoms with Gasteiger partial charge in [-0.2, -0.15) is 0 Å². The lowest BCUT2D eigenvalue weighted by molar-refractivity contribution is 0.613. The zero-order chi connectivity index (χ0) is 11.4. The molecule has 0 aliphatic rings. The van der Waals surface area contributed by atoms with Gasteiger partial charge in [0.05, 0.1) is 6.04 Å². The monoisotopic (exact) mass is 251 g/mol. The normalized spacial score (nSPS) is 12.9. The molecular formula is C13H17NS2. The van der Waals surface area contributed by atoms with Gasteiger partial charge in [-0.05, 0) is 43.5 Å². The van der Waals surface area contributed by atoms with Crippen molar-refractivity contribution in [3.63, 3.8) is 0 Å². The Morgan fingerprint density at radius 1 is 1.25 bits per heavy atom. The molecule has 0 aliphatic heterocycles. The minimum Gasteiger partial charge on any atom is -0.305 e. The summed E-state index contributed by atoms with van der Waals surface area (Å²) in [5, 5.41) is 5.77. The Morgan fingerprint density at radius 3 is 2.69 bits per heavy atom. The fourth-order valence-corrected chi connectivity index (χ4v) is 3.56. The summed E-state index contributed by atoms with van der Waals surface area (Å²) in [4.78, 5) is 4.22. The quantitative estimate of drug-likeness (QED) is 0.839. The smallest absolute Gasteiger partial charge is 0.0764 e. The van der Waals surface area contributed by atoms with Crippen molar-refractivity contribution < 1.29 is 0 Å². The van der Waals surface area contributed by atoms with Crippen molar-refractivity contribution in [3.8, 4) is 0 Å². The first kappa shape index (κ1) is 11.8. The van der Waals surface area contributed by atoms with Gasteiger partial charge in [-0.1, -0.05) is 13.0 Å². The highest BCUT2D eigenvalue weighted by Gasteiger charge is 2.15. The molecule has 1 nitrogen and oxygen atoms in total. The van der Waals surface area contributed by atoms with Crippen LogP contribution in [-0.2, 0) is 0 Å². The molecule has 0 spiro atoms. The zero-order valence-electron chi connectivity index (χ0n) is 9.69. The van der Waals surface area contributed by atoms with Crippen LogP contribution in [0.15, 0.2) is 29.6 Å². The zero-order valence-corrected chi connectivity index (χ0v) is 11.3. The van der Waals surface area contributed by atoms with Gasteiger partial charge in [0.2, 0.25) is 0 Å². The fraction of sp³-hybridized carbons (Fsp3) is 0.385. The summed E-state index contributed by atoms with van der Waals surface area (Å²) in [6.45, 7) is 5.44. The van der Waals surface area contributed by atoms with E-state index in [0.717, 1.165) is 6.54 Å². The summed E-state index contributed by atoms with van der Waals surface area (Å²) in [6, 6.07) is 9.17. The molecule has 0 aromatic carbocycles. The van der Waals surface area contributed by atoms with Crippen LogP contribution in [0.3, 0.4) is 0 Å². The standard InChI is InChI=1S/C13H17NS2/c1-3-8-14-13(11-5-4-9-15-11)12-7-6-10(2)16-12/h4-7,9,13-14H,3,8H2,1-2H3. The summed E-state index contributed by atoms with van der Waals surface area (Å²) in [7, 11) is 0. The molecule has 0 fully saturated rings. The minimum absolute atomic E-state index is 0.388. The molecule has 1 unspecified atom stereocenters. The maximum absolute atomic E-state index is 3.62. The van der Waals surface area contributed by atoms with Crippen LogP contribution in [-0.4, -0.2) is 6.54 Å². The third-order valence-electron chi connectivity index (χ3n) is 2.47. The van der Waals surface area contributed by atoms with Crippen molar-refractivity contribution in [2.75, 3.05) is 6.54 Å². The van der Waals surface area contributed by atoms with Crippen LogP contribution >= 0.6 is 22.7 Å².